The van der Waals surface area contributed by atoms with E-state index in [1.807, 2.05) is 6.92 Å². The Hall–Kier alpha value is -2.70. The molecule has 0 radical (unpaired) electrons. The van der Waals surface area contributed by atoms with Crippen LogP contribution in [0.2, 0.25) is 0 Å². The molecule has 2 heterocycles. The first kappa shape index (κ1) is 13.3. The van der Waals surface area contributed by atoms with Crippen LogP contribution in [0.5, 0.6) is 0 Å². The third kappa shape index (κ3) is 2.91. The Labute approximate surface area is 119 Å². The van der Waals surface area contributed by atoms with Gasteiger partial charge in [0, 0.05) is 6.04 Å². The van der Waals surface area contributed by atoms with Gasteiger partial charge in [0.1, 0.15) is 11.6 Å². The zero-order valence-corrected chi connectivity index (χ0v) is 11.4. The molecule has 0 saturated carbocycles. The summed E-state index contributed by atoms with van der Waals surface area (Å²) in [5, 5.41) is 13.5. The molecule has 6 nitrogen and oxygen atoms in total. The standard InChI is InChI=1S/C14H14FN5O/c1-9(8-10-2-4-11(15)5-3-10)16-12-6-7-13-17-18-14(21)20(13)19-12/h2-7,9H,8H2,1H3,(H,16,19)(H,18,21). The second-order valence-corrected chi connectivity index (χ2v) is 4.89. The lowest BCUT2D eigenvalue weighted by Crippen LogP contribution is -2.21. The van der Waals surface area contributed by atoms with Gasteiger partial charge in [0.2, 0.25) is 0 Å². The molecule has 0 spiro atoms. The minimum Gasteiger partial charge on any atom is -0.366 e. The van der Waals surface area contributed by atoms with Gasteiger partial charge in [0.25, 0.3) is 0 Å². The van der Waals surface area contributed by atoms with Gasteiger partial charge >= 0.3 is 5.69 Å². The minimum absolute atomic E-state index is 0.0861. The van der Waals surface area contributed by atoms with Crippen LogP contribution in [0.3, 0.4) is 0 Å². The first-order valence-electron chi connectivity index (χ1n) is 6.57. The van der Waals surface area contributed by atoms with Gasteiger partial charge < -0.3 is 5.32 Å². The summed E-state index contributed by atoms with van der Waals surface area (Å²) < 4.78 is 14.1. The van der Waals surface area contributed by atoms with Crippen molar-refractivity contribution in [1.82, 2.24) is 19.8 Å². The van der Waals surface area contributed by atoms with E-state index in [4.69, 9.17) is 0 Å². The average molecular weight is 287 g/mol. The van der Waals surface area contributed by atoms with E-state index in [1.165, 1.54) is 16.6 Å². The van der Waals surface area contributed by atoms with Crippen molar-refractivity contribution in [2.45, 2.75) is 19.4 Å². The molecule has 0 amide bonds. The molecule has 0 aliphatic rings. The summed E-state index contributed by atoms with van der Waals surface area (Å²) in [6.45, 7) is 1.99. The third-order valence-electron chi connectivity index (χ3n) is 3.12. The van der Waals surface area contributed by atoms with Crippen LogP contribution in [0.15, 0.2) is 41.2 Å². The Morgan fingerprint density at radius 3 is 2.81 bits per heavy atom. The molecule has 0 aliphatic heterocycles. The summed E-state index contributed by atoms with van der Waals surface area (Å²) in [5.41, 5.74) is 1.12. The number of aromatic amines is 1. The lowest BCUT2D eigenvalue weighted by atomic mass is 10.1. The summed E-state index contributed by atoms with van der Waals surface area (Å²) in [6, 6.07) is 9.95. The molecule has 2 N–H and O–H groups in total. The number of benzene rings is 1. The number of rotatable bonds is 4. The smallest absolute Gasteiger partial charge is 0.364 e. The Morgan fingerprint density at radius 2 is 2.05 bits per heavy atom. The second-order valence-electron chi connectivity index (χ2n) is 4.89. The zero-order valence-electron chi connectivity index (χ0n) is 11.4. The predicted octanol–water partition coefficient (Wildman–Crippen LogP) is 1.60. The van der Waals surface area contributed by atoms with Gasteiger partial charge in [-0.15, -0.1) is 5.10 Å². The molecule has 3 aromatic rings. The van der Waals surface area contributed by atoms with E-state index >= 15 is 0 Å². The Balaban J connectivity index is 1.73. The van der Waals surface area contributed by atoms with E-state index in [2.05, 4.69) is 20.6 Å². The number of hydrogen-bond donors (Lipinski definition) is 2. The first-order chi connectivity index (χ1) is 10.1. The summed E-state index contributed by atoms with van der Waals surface area (Å²) in [5.74, 6) is 0.339. The van der Waals surface area contributed by atoms with Crippen molar-refractivity contribution in [3.63, 3.8) is 0 Å². The highest BCUT2D eigenvalue weighted by atomic mass is 19.1. The number of hydrogen-bond acceptors (Lipinski definition) is 4. The third-order valence-corrected chi connectivity index (χ3v) is 3.12. The Morgan fingerprint density at radius 1 is 1.29 bits per heavy atom. The van der Waals surface area contributed by atoms with E-state index in [1.54, 1.807) is 24.3 Å². The largest absolute Gasteiger partial charge is 0.366 e. The van der Waals surface area contributed by atoms with Gasteiger partial charge in [-0.25, -0.2) is 14.3 Å². The number of nitrogens with zero attached hydrogens (tertiary/aromatic N) is 3. The van der Waals surface area contributed by atoms with Crippen molar-refractivity contribution in [1.29, 1.82) is 0 Å². The highest BCUT2D eigenvalue weighted by Crippen LogP contribution is 2.10. The average Bonchev–Trinajstić information content (AvgIpc) is 2.83. The quantitative estimate of drug-likeness (QED) is 0.764. The van der Waals surface area contributed by atoms with Crippen LogP contribution in [0.4, 0.5) is 10.2 Å². The number of H-pyrrole nitrogens is 1. The van der Waals surface area contributed by atoms with Crippen LogP contribution in [-0.4, -0.2) is 25.9 Å². The monoisotopic (exact) mass is 287 g/mol. The van der Waals surface area contributed by atoms with Crippen molar-refractivity contribution in [3.05, 3.63) is 58.3 Å². The van der Waals surface area contributed by atoms with Gasteiger partial charge in [-0.2, -0.15) is 9.61 Å². The van der Waals surface area contributed by atoms with Crippen LogP contribution in [0.25, 0.3) is 5.65 Å². The molecule has 21 heavy (non-hydrogen) atoms. The van der Waals surface area contributed by atoms with Crippen LogP contribution < -0.4 is 11.0 Å². The van der Waals surface area contributed by atoms with Crippen molar-refractivity contribution in [2.75, 3.05) is 5.32 Å². The predicted molar refractivity (Wildman–Crippen MR) is 76.8 cm³/mol. The van der Waals surface area contributed by atoms with Gasteiger partial charge in [-0.05, 0) is 43.2 Å². The lowest BCUT2D eigenvalue weighted by Gasteiger charge is -2.14. The Bertz CT molecular complexity index is 808. The van der Waals surface area contributed by atoms with Crippen molar-refractivity contribution < 1.29 is 4.39 Å². The molecular weight excluding hydrogens is 273 g/mol. The number of nitrogens with one attached hydrogen (secondary N) is 2. The fourth-order valence-corrected chi connectivity index (χ4v) is 2.16. The number of fused-ring (bicyclic) bond motifs is 1. The molecule has 2 aromatic heterocycles. The highest BCUT2D eigenvalue weighted by Gasteiger charge is 2.07. The van der Waals surface area contributed by atoms with Crippen LogP contribution in [-0.2, 0) is 6.42 Å². The molecule has 108 valence electrons. The van der Waals surface area contributed by atoms with Gasteiger partial charge in [0.05, 0.1) is 0 Å². The first-order valence-corrected chi connectivity index (χ1v) is 6.57. The van der Waals surface area contributed by atoms with Crippen LogP contribution in [0.1, 0.15) is 12.5 Å². The maximum Gasteiger partial charge on any atom is 0.364 e. The summed E-state index contributed by atoms with van der Waals surface area (Å²) in [7, 11) is 0. The summed E-state index contributed by atoms with van der Waals surface area (Å²) in [6.07, 6.45) is 0.723. The SMILES string of the molecule is CC(Cc1ccc(F)cc1)Nc1ccc2n[nH]c(=O)n2n1. The van der Waals surface area contributed by atoms with E-state index in [0.29, 0.717) is 11.5 Å². The molecule has 1 aromatic carbocycles. The zero-order chi connectivity index (χ0) is 14.8. The molecular formula is C14H14FN5O. The van der Waals surface area contributed by atoms with E-state index in [0.717, 1.165) is 12.0 Å². The highest BCUT2D eigenvalue weighted by molar-refractivity contribution is 5.43. The maximum absolute atomic E-state index is 12.9. The fourth-order valence-electron chi connectivity index (χ4n) is 2.16. The van der Waals surface area contributed by atoms with Crippen molar-refractivity contribution in [2.24, 2.45) is 0 Å². The molecule has 0 bridgehead atoms. The van der Waals surface area contributed by atoms with E-state index < -0.39 is 0 Å². The molecule has 0 aliphatic carbocycles. The molecule has 3 rings (SSSR count). The van der Waals surface area contributed by atoms with E-state index in [-0.39, 0.29) is 17.5 Å². The molecule has 7 heteroatoms. The minimum atomic E-state index is -0.375. The molecule has 0 saturated heterocycles. The Kier molecular flexibility index (Phi) is 3.39. The van der Waals surface area contributed by atoms with Crippen LogP contribution >= 0.6 is 0 Å². The lowest BCUT2D eigenvalue weighted by molar-refractivity contribution is 0.626. The number of anilines is 1. The van der Waals surface area contributed by atoms with Gasteiger partial charge in [-0.1, -0.05) is 12.1 Å². The van der Waals surface area contributed by atoms with Gasteiger partial charge in [0.15, 0.2) is 5.65 Å². The number of aromatic nitrogens is 4. The molecule has 1 unspecified atom stereocenters. The summed E-state index contributed by atoms with van der Waals surface area (Å²) in [4.78, 5) is 11.5. The second kappa shape index (κ2) is 5.35. The molecule has 0 fully saturated rings. The van der Waals surface area contributed by atoms with Crippen molar-refractivity contribution >= 4 is 11.5 Å². The fraction of sp³-hybridized carbons (Fsp3) is 0.214. The molecule has 1 atom stereocenters. The van der Waals surface area contributed by atoms with Crippen LogP contribution in [0, 0.1) is 5.82 Å². The summed E-state index contributed by atoms with van der Waals surface area (Å²) >= 11 is 0. The number of halogens is 1. The normalized spacial score (nSPS) is 12.5. The van der Waals surface area contributed by atoms with Crippen molar-refractivity contribution in [3.8, 4) is 0 Å². The topological polar surface area (TPSA) is 75.1 Å². The van der Waals surface area contributed by atoms with E-state index in [9.17, 15) is 9.18 Å². The van der Waals surface area contributed by atoms with Gasteiger partial charge in [-0.3, -0.25) is 0 Å². The maximum atomic E-state index is 12.9.